The smallest absolute Gasteiger partial charge is 0.207 e. The maximum Gasteiger partial charge on any atom is 0.243 e. The van der Waals surface area contributed by atoms with E-state index in [-0.39, 0.29) is 0 Å². The highest BCUT2D eigenvalue weighted by molar-refractivity contribution is 7.89. The number of benzene rings is 1. The lowest BCUT2D eigenvalue weighted by molar-refractivity contribution is 0.474. The van der Waals surface area contributed by atoms with E-state index < -0.39 is 10.0 Å². The lowest BCUT2D eigenvalue weighted by Crippen LogP contribution is -2.31. The van der Waals surface area contributed by atoms with Crippen LogP contribution in [-0.4, -0.2) is 25.8 Å². The van der Waals surface area contributed by atoms with Crippen LogP contribution in [0.15, 0.2) is 54.0 Å². The Morgan fingerprint density at radius 3 is 2.33 bits per heavy atom. The molecule has 4 heteroatoms. The molecule has 0 bridgehead atoms. The predicted octanol–water partition coefficient (Wildman–Crippen LogP) is 2.75. The molecule has 0 heterocycles. The molecule has 0 fully saturated rings. The zero-order valence-corrected chi connectivity index (χ0v) is 11.7. The molecule has 0 N–H and O–H groups in total. The maximum absolute atomic E-state index is 12.4. The summed E-state index contributed by atoms with van der Waals surface area (Å²) in [5, 5.41) is 0. The summed E-state index contributed by atoms with van der Waals surface area (Å²) in [6.07, 6.45) is 5.24. The Hall–Kier alpha value is -1.39. The van der Waals surface area contributed by atoms with Gasteiger partial charge in [0.25, 0.3) is 0 Å². The highest BCUT2D eigenvalue weighted by Gasteiger charge is 2.21. The Morgan fingerprint density at radius 2 is 1.83 bits per heavy atom. The van der Waals surface area contributed by atoms with Gasteiger partial charge in [-0.2, -0.15) is 4.31 Å². The van der Waals surface area contributed by atoms with Gasteiger partial charge in [-0.1, -0.05) is 35.9 Å². The third kappa shape index (κ3) is 3.55. The van der Waals surface area contributed by atoms with Crippen LogP contribution in [0.5, 0.6) is 0 Å². The fraction of sp³-hybridized carbons (Fsp3) is 0.286. The molecule has 18 heavy (non-hydrogen) atoms. The molecule has 0 atom stereocenters. The topological polar surface area (TPSA) is 37.4 Å². The van der Waals surface area contributed by atoms with Gasteiger partial charge in [0.1, 0.15) is 0 Å². The Bertz CT molecular complexity index is 515. The third-order valence-electron chi connectivity index (χ3n) is 2.54. The second-order valence-corrected chi connectivity index (χ2v) is 5.93. The number of sulfonamides is 1. The van der Waals surface area contributed by atoms with Crippen molar-refractivity contribution in [2.45, 2.75) is 18.7 Å². The van der Waals surface area contributed by atoms with Crippen LogP contribution < -0.4 is 0 Å². The normalized spacial score (nSPS) is 12.2. The van der Waals surface area contributed by atoms with Crippen molar-refractivity contribution in [3.63, 3.8) is 0 Å². The van der Waals surface area contributed by atoms with Crippen molar-refractivity contribution in [2.75, 3.05) is 13.1 Å². The van der Waals surface area contributed by atoms with Crippen molar-refractivity contribution >= 4 is 10.0 Å². The number of hydrogen-bond acceptors (Lipinski definition) is 2. The first kappa shape index (κ1) is 14.7. The van der Waals surface area contributed by atoms with Gasteiger partial charge in [-0.15, -0.1) is 6.58 Å². The Balaban J connectivity index is 3.07. The van der Waals surface area contributed by atoms with Crippen LogP contribution in [0.4, 0.5) is 0 Å². The predicted molar refractivity (Wildman–Crippen MR) is 74.9 cm³/mol. The molecular weight excluding hydrogens is 246 g/mol. The van der Waals surface area contributed by atoms with Crippen molar-refractivity contribution in [2.24, 2.45) is 0 Å². The summed E-state index contributed by atoms with van der Waals surface area (Å²) in [4.78, 5) is 0.319. The van der Waals surface area contributed by atoms with Gasteiger partial charge in [0.2, 0.25) is 10.0 Å². The number of hydrogen-bond donors (Lipinski definition) is 0. The molecule has 0 unspecified atom stereocenters. The summed E-state index contributed by atoms with van der Waals surface area (Å²) >= 11 is 0. The quantitative estimate of drug-likeness (QED) is 0.742. The average Bonchev–Trinajstić information content (AvgIpc) is 2.35. The first-order chi connectivity index (χ1) is 8.52. The van der Waals surface area contributed by atoms with Gasteiger partial charge in [-0.3, -0.25) is 0 Å². The number of allylic oxidation sites excluding steroid dienone is 1. The Morgan fingerprint density at radius 1 is 1.22 bits per heavy atom. The molecule has 0 spiro atoms. The standard InChI is InChI=1S/C14H19NO2S/c1-4-6-12-15(11-5-2)18(16,17)14-9-7-13(3)8-10-14/h4-10H,2,11-12H2,1,3H3. The van der Waals surface area contributed by atoms with Gasteiger partial charge in [-0.05, 0) is 26.0 Å². The van der Waals surface area contributed by atoms with E-state index in [0.29, 0.717) is 18.0 Å². The molecular formula is C14H19NO2S. The highest BCUT2D eigenvalue weighted by atomic mass is 32.2. The van der Waals surface area contributed by atoms with E-state index in [0.717, 1.165) is 5.56 Å². The van der Waals surface area contributed by atoms with Crippen LogP contribution in [-0.2, 0) is 10.0 Å². The van der Waals surface area contributed by atoms with Crippen LogP contribution in [0.3, 0.4) is 0 Å². The molecule has 1 aromatic rings. The van der Waals surface area contributed by atoms with Crippen molar-refractivity contribution in [1.29, 1.82) is 0 Å². The van der Waals surface area contributed by atoms with Crippen molar-refractivity contribution in [3.05, 3.63) is 54.6 Å². The van der Waals surface area contributed by atoms with E-state index in [1.807, 2.05) is 26.0 Å². The van der Waals surface area contributed by atoms with Gasteiger partial charge >= 0.3 is 0 Å². The minimum absolute atomic E-state index is 0.306. The second kappa shape index (κ2) is 6.52. The minimum atomic E-state index is -3.44. The fourth-order valence-corrected chi connectivity index (χ4v) is 2.86. The zero-order chi connectivity index (χ0) is 13.6. The summed E-state index contributed by atoms with van der Waals surface area (Å²) in [6, 6.07) is 6.87. The average molecular weight is 265 g/mol. The Labute approximate surface area is 109 Å². The molecule has 1 rings (SSSR count). The van der Waals surface area contributed by atoms with E-state index in [9.17, 15) is 8.42 Å². The maximum atomic E-state index is 12.4. The molecule has 0 aromatic heterocycles. The van der Waals surface area contributed by atoms with Gasteiger partial charge in [0.05, 0.1) is 4.90 Å². The van der Waals surface area contributed by atoms with E-state index in [1.54, 1.807) is 30.3 Å². The summed E-state index contributed by atoms with van der Waals surface area (Å²) in [6.45, 7) is 8.06. The summed E-state index contributed by atoms with van der Waals surface area (Å²) in [7, 11) is -3.44. The van der Waals surface area contributed by atoms with Crippen LogP contribution >= 0.6 is 0 Å². The first-order valence-electron chi connectivity index (χ1n) is 5.81. The molecule has 0 saturated heterocycles. The van der Waals surface area contributed by atoms with Crippen molar-refractivity contribution < 1.29 is 8.42 Å². The number of nitrogens with zero attached hydrogens (tertiary/aromatic N) is 1. The largest absolute Gasteiger partial charge is 0.243 e. The molecule has 3 nitrogen and oxygen atoms in total. The first-order valence-corrected chi connectivity index (χ1v) is 7.25. The molecule has 0 radical (unpaired) electrons. The number of rotatable bonds is 6. The summed E-state index contributed by atoms with van der Waals surface area (Å²) in [5.74, 6) is 0. The lowest BCUT2D eigenvalue weighted by Gasteiger charge is -2.19. The highest BCUT2D eigenvalue weighted by Crippen LogP contribution is 2.16. The monoisotopic (exact) mass is 265 g/mol. The van der Waals surface area contributed by atoms with E-state index >= 15 is 0 Å². The molecule has 0 amide bonds. The van der Waals surface area contributed by atoms with Gasteiger partial charge in [0, 0.05) is 13.1 Å². The van der Waals surface area contributed by atoms with E-state index in [2.05, 4.69) is 6.58 Å². The summed E-state index contributed by atoms with van der Waals surface area (Å²) < 4.78 is 26.2. The van der Waals surface area contributed by atoms with E-state index in [4.69, 9.17) is 0 Å². The SMILES string of the molecule is C=CCN(CC=CC)S(=O)(=O)c1ccc(C)cc1. The van der Waals surface area contributed by atoms with Crippen LogP contribution in [0.25, 0.3) is 0 Å². The summed E-state index contributed by atoms with van der Waals surface area (Å²) in [5.41, 5.74) is 1.04. The Kier molecular flexibility index (Phi) is 5.31. The number of aryl methyl sites for hydroxylation is 1. The van der Waals surface area contributed by atoms with Gasteiger partial charge < -0.3 is 0 Å². The fourth-order valence-electron chi connectivity index (χ4n) is 1.50. The molecule has 0 aliphatic rings. The minimum Gasteiger partial charge on any atom is -0.207 e. The molecule has 98 valence electrons. The second-order valence-electron chi connectivity index (χ2n) is 3.99. The molecule has 0 aliphatic heterocycles. The van der Waals surface area contributed by atoms with Crippen LogP contribution in [0.2, 0.25) is 0 Å². The molecule has 0 saturated carbocycles. The van der Waals surface area contributed by atoms with Gasteiger partial charge in [-0.25, -0.2) is 8.42 Å². The zero-order valence-electron chi connectivity index (χ0n) is 10.8. The van der Waals surface area contributed by atoms with Crippen molar-refractivity contribution in [1.82, 2.24) is 4.31 Å². The van der Waals surface area contributed by atoms with Crippen LogP contribution in [0.1, 0.15) is 12.5 Å². The van der Waals surface area contributed by atoms with E-state index in [1.165, 1.54) is 4.31 Å². The lowest BCUT2D eigenvalue weighted by atomic mass is 10.2. The third-order valence-corrected chi connectivity index (χ3v) is 4.38. The molecule has 1 aromatic carbocycles. The van der Waals surface area contributed by atoms with Crippen molar-refractivity contribution in [3.8, 4) is 0 Å². The van der Waals surface area contributed by atoms with Gasteiger partial charge in [0.15, 0.2) is 0 Å². The molecule has 0 aliphatic carbocycles. The van der Waals surface area contributed by atoms with Crippen LogP contribution in [0, 0.1) is 6.92 Å².